The molecule has 3 saturated heterocycles. The molecular weight excluding hydrogens is 655 g/mol. The first-order chi connectivity index (χ1) is 23.3. The first kappa shape index (κ1) is 43.9. The van der Waals surface area contributed by atoms with Crippen molar-refractivity contribution in [1.82, 2.24) is 10.6 Å². The molecule has 1 aliphatic carbocycles. The highest BCUT2D eigenvalue weighted by Crippen LogP contribution is 2.27. The van der Waals surface area contributed by atoms with Crippen molar-refractivity contribution in [2.75, 3.05) is 46.0 Å². The molecular formula is C30H61FN6O12. The average molecular weight is 717 g/mol. The molecule has 0 spiro atoms. The summed E-state index contributed by atoms with van der Waals surface area (Å²) >= 11 is 0. The first-order valence-corrected chi connectivity index (χ1v) is 17.0. The molecule has 3 aliphatic heterocycles. The summed E-state index contributed by atoms with van der Waals surface area (Å²) in [6.45, 7) is 0.684. The number of hydrogen-bond acceptors (Lipinski definition) is 17. The van der Waals surface area contributed by atoms with E-state index in [4.69, 9.17) is 57.2 Å². The van der Waals surface area contributed by atoms with Gasteiger partial charge in [-0.2, -0.15) is 0 Å². The van der Waals surface area contributed by atoms with Crippen LogP contribution in [0.1, 0.15) is 51.4 Å². The molecule has 4 aliphatic rings. The van der Waals surface area contributed by atoms with Crippen LogP contribution in [0.25, 0.3) is 0 Å². The molecule has 17 N–H and O–H groups in total. The summed E-state index contributed by atoms with van der Waals surface area (Å²) in [5, 5.41) is 69.6. The average Bonchev–Trinajstić information content (AvgIpc) is 3.52. The molecule has 0 bridgehead atoms. The normalized spacial score (nSPS) is 37.6. The van der Waals surface area contributed by atoms with Crippen molar-refractivity contribution in [2.45, 2.75) is 137 Å². The standard InChI is InChI=1S/C15H28FN3O4.C9H19NO6.C6H14N2O2/c16-9(7-17)3-14(21)19-11-4-10(18)5-13(6-11)23-15-2-1-12(8-20)22-15;11-4-5(12)2-10-3-7-9(15)6(13)1-8(14)16-7;7-2-4-1-6(9)5(8)3-10-4/h9-13,15,20H,1-8,17-18H2,(H,19,21);5-15H,1-4H2;4-6,9H,1-3,7-8H2/t;5?,6?,7?,8-,9-;4-,5+,6?/m.01/s1. The van der Waals surface area contributed by atoms with Crippen LogP contribution in [0.5, 0.6) is 0 Å². The Morgan fingerprint density at radius 3 is 2.31 bits per heavy atom. The van der Waals surface area contributed by atoms with Crippen LogP contribution in [-0.2, 0) is 23.7 Å². The SMILES string of the molecule is NCC(F)CC(=O)NC1CC(N)CC(OC2CCC(CO)O2)C1.NC[C@H]1CC(O)[C@@H](N)CO1.OCC(O)CNCC1O[C@H](O)CC(O)[C@@H]1O. The molecule has 0 aromatic carbocycles. The second-order valence-electron chi connectivity index (χ2n) is 13.0. The minimum absolute atomic E-state index is 0.00481. The molecule has 4 rings (SSSR count). The fraction of sp³-hybridized carbons (Fsp3) is 0.967. The third-order valence-electron chi connectivity index (χ3n) is 8.62. The second-order valence-corrected chi connectivity index (χ2v) is 13.0. The second kappa shape index (κ2) is 23.3. The number of hydrogen-bond donors (Lipinski definition) is 13. The largest absolute Gasteiger partial charge is 0.394 e. The van der Waals surface area contributed by atoms with E-state index in [0.717, 1.165) is 12.8 Å². The molecule has 290 valence electrons. The Morgan fingerprint density at radius 1 is 0.959 bits per heavy atom. The lowest BCUT2D eigenvalue weighted by Crippen LogP contribution is -2.52. The number of ether oxygens (including phenoxy) is 4. The molecule has 1 saturated carbocycles. The predicted octanol–water partition coefficient (Wildman–Crippen LogP) is -5.27. The van der Waals surface area contributed by atoms with E-state index in [1.807, 2.05) is 0 Å². The smallest absolute Gasteiger partial charge is 0.223 e. The van der Waals surface area contributed by atoms with Gasteiger partial charge < -0.3 is 88.3 Å². The van der Waals surface area contributed by atoms with Crippen LogP contribution in [0.3, 0.4) is 0 Å². The molecule has 19 heteroatoms. The number of carbonyl (C=O) groups is 1. The number of rotatable bonds is 13. The van der Waals surface area contributed by atoms with Crippen molar-refractivity contribution < 1.29 is 63.9 Å². The Bertz CT molecular complexity index is 908. The summed E-state index contributed by atoms with van der Waals surface area (Å²) in [7, 11) is 0. The summed E-state index contributed by atoms with van der Waals surface area (Å²) in [4.78, 5) is 11.8. The number of carbonyl (C=O) groups excluding carboxylic acids is 1. The summed E-state index contributed by atoms with van der Waals surface area (Å²) in [5.74, 6) is -0.349. The molecule has 14 atom stereocenters. The van der Waals surface area contributed by atoms with Gasteiger partial charge in [-0.25, -0.2) is 4.39 Å². The minimum atomic E-state index is -1.32. The maximum atomic E-state index is 13.2. The van der Waals surface area contributed by atoms with Crippen molar-refractivity contribution in [3.05, 3.63) is 0 Å². The van der Waals surface area contributed by atoms with Gasteiger partial charge in [-0.3, -0.25) is 4.79 Å². The van der Waals surface area contributed by atoms with Crippen molar-refractivity contribution in [3.63, 3.8) is 0 Å². The van der Waals surface area contributed by atoms with Gasteiger partial charge in [0.15, 0.2) is 12.6 Å². The highest BCUT2D eigenvalue weighted by Gasteiger charge is 2.36. The van der Waals surface area contributed by atoms with E-state index in [-0.39, 0.29) is 94.3 Å². The molecule has 0 aromatic rings. The van der Waals surface area contributed by atoms with Gasteiger partial charge in [0.25, 0.3) is 0 Å². The van der Waals surface area contributed by atoms with Crippen LogP contribution in [0, 0.1) is 0 Å². The van der Waals surface area contributed by atoms with Crippen LogP contribution in [0.4, 0.5) is 4.39 Å². The molecule has 4 fully saturated rings. The number of nitrogens with one attached hydrogen (secondary N) is 2. The Labute approximate surface area is 286 Å². The van der Waals surface area contributed by atoms with Crippen LogP contribution >= 0.6 is 0 Å². The van der Waals surface area contributed by atoms with Crippen LogP contribution in [0.15, 0.2) is 0 Å². The van der Waals surface area contributed by atoms with E-state index in [1.165, 1.54) is 0 Å². The van der Waals surface area contributed by atoms with Gasteiger partial charge >= 0.3 is 0 Å². The van der Waals surface area contributed by atoms with Gasteiger partial charge in [0, 0.05) is 57.5 Å². The molecule has 0 radical (unpaired) electrons. The van der Waals surface area contributed by atoms with Crippen molar-refractivity contribution in [2.24, 2.45) is 22.9 Å². The zero-order chi connectivity index (χ0) is 36.5. The summed E-state index contributed by atoms with van der Waals surface area (Å²) < 4.78 is 34.9. The number of aliphatic hydroxyl groups excluding tert-OH is 7. The Balaban J connectivity index is 0.000000277. The third-order valence-corrected chi connectivity index (χ3v) is 8.62. The van der Waals surface area contributed by atoms with Crippen molar-refractivity contribution in [3.8, 4) is 0 Å². The molecule has 3 heterocycles. The molecule has 18 nitrogen and oxygen atoms in total. The molecule has 49 heavy (non-hydrogen) atoms. The van der Waals surface area contributed by atoms with Crippen LogP contribution < -0.4 is 33.6 Å². The maximum Gasteiger partial charge on any atom is 0.223 e. The van der Waals surface area contributed by atoms with E-state index in [2.05, 4.69) is 10.6 Å². The molecule has 0 aromatic heterocycles. The first-order valence-electron chi connectivity index (χ1n) is 17.0. The lowest BCUT2D eigenvalue weighted by Gasteiger charge is -2.35. The number of alkyl halides is 1. The Hall–Kier alpha value is -1.24. The molecule has 1 amide bonds. The number of halogens is 1. The van der Waals surface area contributed by atoms with Gasteiger partial charge in [-0.15, -0.1) is 0 Å². The number of amides is 1. The minimum Gasteiger partial charge on any atom is -0.394 e. The van der Waals surface area contributed by atoms with E-state index in [1.54, 1.807) is 0 Å². The van der Waals surface area contributed by atoms with E-state index in [0.29, 0.717) is 38.8 Å². The van der Waals surface area contributed by atoms with E-state index >= 15 is 0 Å². The summed E-state index contributed by atoms with van der Waals surface area (Å²) in [5.41, 5.74) is 22.0. The highest BCUT2D eigenvalue weighted by molar-refractivity contribution is 5.76. The Kier molecular flexibility index (Phi) is 20.9. The van der Waals surface area contributed by atoms with Crippen molar-refractivity contribution in [1.29, 1.82) is 0 Å². The lowest BCUT2D eigenvalue weighted by molar-refractivity contribution is -0.230. The quantitative estimate of drug-likeness (QED) is 0.0846. The topological polar surface area (TPSA) is 324 Å². The van der Waals surface area contributed by atoms with Gasteiger partial charge in [0.05, 0.1) is 68.9 Å². The van der Waals surface area contributed by atoms with E-state index in [9.17, 15) is 29.6 Å². The van der Waals surface area contributed by atoms with Gasteiger partial charge in [0.1, 0.15) is 18.4 Å². The lowest BCUT2D eigenvalue weighted by atomic mass is 9.89. The highest BCUT2D eigenvalue weighted by atomic mass is 19.1. The number of aliphatic hydroxyl groups is 7. The van der Waals surface area contributed by atoms with Gasteiger partial charge in [-0.05, 0) is 25.7 Å². The van der Waals surface area contributed by atoms with E-state index < -0.39 is 43.0 Å². The van der Waals surface area contributed by atoms with Crippen LogP contribution in [-0.4, -0.2) is 173 Å². The summed E-state index contributed by atoms with van der Waals surface area (Å²) in [6.07, 6.45) is -3.33. The third kappa shape index (κ3) is 16.8. The maximum absolute atomic E-state index is 13.2. The van der Waals surface area contributed by atoms with Gasteiger partial charge in [-0.1, -0.05) is 0 Å². The fourth-order valence-corrected chi connectivity index (χ4v) is 5.82. The zero-order valence-corrected chi connectivity index (χ0v) is 28.0. The van der Waals surface area contributed by atoms with Gasteiger partial charge in [0.2, 0.25) is 5.91 Å². The number of nitrogens with two attached hydrogens (primary N) is 4. The zero-order valence-electron chi connectivity index (χ0n) is 28.0. The summed E-state index contributed by atoms with van der Waals surface area (Å²) in [6, 6.07) is -0.441. The predicted molar refractivity (Wildman–Crippen MR) is 173 cm³/mol. The monoisotopic (exact) mass is 716 g/mol. The van der Waals surface area contributed by atoms with Crippen LogP contribution in [0.2, 0.25) is 0 Å². The molecule has 10 unspecified atom stereocenters. The Morgan fingerprint density at radius 2 is 1.69 bits per heavy atom. The fourth-order valence-electron chi connectivity index (χ4n) is 5.82. The van der Waals surface area contributed by atoms with Crippen molar-refractivity contribution >= 4 is 5.91 Å².